The molecule has 0 fully saturated rings. The first kappa shape index (κ1) is 19.5. The van der Waals surface area contributed by atoms with Gasteiger partial charge in [-0.05, 0) is 52.7 Å². The number of hydrogen-bond acceptors (Lipinski definition) is 2. The monoisotopic (exact) mass is 427 g/mol. The number of hydrogen-bond donors (Lipinski definition) is 1. The van der Waals surface area contributed by atoms with Crippen LogP contribution >= 0.6 is 11.6 Å². The van der Waals surface area contributed by atoms with Crippen molar-refractivity contribution in [3.05, 3.63) is 107 Å². The Hall–Kier alpha value is -3.50. The summed E-state index contributed by atoms with van der Waals surface area (Å²) in [7, 11) is 0. The van der Waals surface area contributed by atoms with Crippen LogP contribution < -0.4 is 10.4 Å². The summed E-state index contributed by atoms with van der Waals surface area (Å²) in [6.07, 6.45) is 0. The molecule has 0 aliphatic heterocycles. The van der Waals surface area contributed by atoms with Crippen molar-refractivity contribution in [2.45, 2.75) is 13.1 Å². The fourth-order valence-electron chi connectivity index (χ4n) is 3.97. The molecule has 0 aliphatic carbocycles. The molecule has 5 rings (SSSR count). The van der Waals surface area contributed by atoms with Crippen LogP contribution in [0.25, 0.3) is 21.8 Å². The minimum atomic E-state index is 0.457. The number of para-hydroxylation sites is 2. The Morgan fingerprint density at radius 1 is 0.742 bits per heavy atom. The Bertz CT molecular complexity index is 1420. The van der Waals surface area contributed by atoms with Crippen molar-refractivity contribution in [2.75, 3.05) is 6.61 Å². The van der Waals surface area contributed by atoms with Gasteiger partial charge in [0, 0.05) is 5.02 Å². The van der Waals surface area contributed by atoms with Gasteiger partial charge in [0.15, 0.2) is 0 Å². The van der Waals surface area contributed by atoms with Crippen LogP contribution in [0.3, 0.4) is 0 Å². The zero-order valence-corrected chi connectivity index (χ0v) is 17.7. The molecule has 1 heterocycles. The Kier molecular flexibility index (Phi) is 5.23. The number of fused-ring (bicyclic) bond motifs is 2. The van der Waals surface area contributed by atoms with Crippen LogP contribution in [0, 0.1) is 5.41 Å². The maximum absolute atomic E-state index is 8.80. The number of nitrogens with one attached hydrogen (secondary N) is 1. The lowest BCUT2D eigenvalue weighted by atomic mass is 10.1. The van der Waals surface area contributed by atoms with Crippen molar-refractivity contribution in [1.82, 2.24) is 9.13 Å². The number of benzene rings is 4. The van der Waals surface area contributed by atoms with E-state index in [4.69, 9.17) is 21.7 Å². The van der Waals surface area contributed by atoms with E-state index < -0.39 is 0 Å². The molecule has 4 aromatic carbocycles. The van der Waals surface area contributed by atoms with Crippen LogP contribution in [0.4, 0.5) is 0 Å². The van der Waals surface area contributed by atoms with E-state index in [0.717, 1.165) is 27.7 Å². The lowest BCUT2D eigenvalue weighted by Crippen LogP contribution is -2.27. The van der Waals surface area contributed by atoms with Crippen molar-refractivity contribution in [1.29, 1.82) is 5.41 Å². The highest BCUT2D eigenvalue weighted by Crippen LogP contribution is 2.21. The van der Waals surface area contributed by atoms with Crippen molar-refractivity contribution in [3.8, 4) is 5.75 Å². The molecule has 0 spiro atoms. The third kappa shape index (κ3) is 3.94. The maximum Gasteiger partial charge on any atom is 0.203 e. The van der Waals surface area contributed by atoms with Gasteiger partial charge in [-0.25, -0.2) is 0 Å². The molecular formula is C26H22ClN3O. The average Bonchev–Trinajstić information content (AvgIpc) is 3.06. The van der Waals surface area contributed by atoms with Crippen molar-refractivity contribution in [3.63, 3.8) is 0 Å². The van der Waals surface area contributed by atoms with Gasteiger partial charge in [0.1, 0.15) is 12.4 Å². The highest BCUT2D eigenvalue weighted by atomic mass is 35.5. The molecule has 0 amide bonds. The predicted octanol–water partition coefficient (Wildman–Crippen LogP) is 5.86. The van der Waals surface area contributed by atoms with Gasteiger partial charge in [-0.1, -0.05) is 66.2 Å². The lowest BCUT2D eigenvalue weighted by molar-refractivity contribution is 0.297. The first-order valence-corrected chi connectivity index (χ1v) is 10.7. The molecule has 1 N–H and O–H groups in total. The molecule has 4 nitrogen and oxygen atoms in total. The van der Waals surface area contributed by atoms with Crippen molar-refractivity contribution >= 4 is 33.4 Å². The third-order valence-electron chi connectivity index (χ3n) is 5.53. The van der Waals surface area contributed by atoms with Crippen LogP contribution in [0.1, 0.15) is 5.56 Å². The summed E-state index contributed by atoms with van der Waals surface area (Å²) in [5.74, 6) is 0.843. The van der Waals surface area contributed by atoms with Gasteiger partial charge >= 0.3 is 0 Å². The molecule has 0 atom stereocenters. The minimum absolute atomic E-state index is 0.457. The van der Waals surface area contributed by atoms with E-state index in [1.54, 1.807) is 0 Å². The highest BCUT2D eigenvalue weighted by Gasteiger charge is 2.11. The summed E-state index contributed by atoms with van der Waals surface area (Å²) < 4.78 is 10.1. The molecule has 0 radical (unpaired) electrons. The van der Waals surface area contributed by atoms with Crippen LogP contribution in [0.5, 0.6) is 5.75 Å². The standard InChI is InChI=1S/C26H22ClN3O/c27-22-12-9-19(10-13-22)18-30-25-8-4-3-7-24(25)29(26(30)28)15-16-31-23-14-11-20-5-1-2-6-21(20)17-23/h1-14,17,28H,15-16,18H2. The van der Waals surface area contributed by atoms with Crippen molar-refractivity contribution in [2.24, 2.45) is 0 Å². The largest absolute Gasteiger partial charge is 0.492 e. The van der Waals surface area contributed by atoms with Gasteiger partial charge in [-0.2, -0.15) is 0 Å². The number of rotatable bonds is 6. The van der Waals surface area contributed by atoms with E-state index in [2.05, 4.69) is 36.4 Å². The second kappa shape index (κ2) is 8.32. The van der Waals surface area contributed by atoms with Gasteiger partial charge in [-0.3, -0.25) is 5.41 Å². The first-order valence-electron chi connectivity index (χ1n) is 10.3. The van der Waals surface area contributed by atoms with E-state index in [0.29, 0.717) is 30.3 Å². The second-order valence-electron chi connectivity index (χ2n) is 7.53. The van der Waals surface area contributed by atoms with Gasteiger partial charge in [-0.15, -0.1) is 0 Å². The molecule has 0 bridgehead atoms. The van der Waals surface area contributed by atoms with E-state index in [-0.39, 0.29) is 0 Å². The van der Waals surface area contributed by atoms with E-state index >= 15 is 0 Å². The zero-order valence-electron chi connectivity index (χ0n) is 17.0. The quantitative estimate of drug-likeness (QED) is 0.362. The molecule has 5 aromatic rings. The van der Waals surface area contributed by atoms with E-state index in [9.17, 15) is 0 Å². The summed E-state index contributed by atoms with van der Waals surface area (Å²) in [5.41, 5.74) is 3.63. The summed E-state index contributed by atoms with van der Waals surface area (Å²) in [6.45, 7) is 1.71. The summed E-state index contributed by atoms with van der Waals surface area (Å²) in [6, 6.07) is 30.3. The number of nitrogens with zero attached hydrogens (tertiary/aromatic N) is 2. The summed E-state index contributed by atoms with van der Waals surface area (Å²) >= 11 is 6.02. The minimum Gasteiger partial charge on any atom is -0.492 e. The first-order chi connectivity index (χ1) is 15.2. The van der Waals surface area contributed by atoms with Crippen LogP contribution in [0.2, 0.25) is 5.02 Å². The van der Waals surface area contributed by atoms with Gasteiger partial charge in [0.2, 0.25) is 5.62 Å². The predicted molar refractivity (Wildman–Crippen MR) is 126 cm³/mol. The molecule has 154 valence electrons. The van der Waals surface area contributed by atoms with Crippen molar-refractivity contribution < 1.29 is 4.74 Å². The molecule has 5 heteroatoms. The van der Waals surface area contributed by atoms with Crippen LogP contribution in [0.15, 0.2) is 91.0 Å². The molecule has 0 aliphatic rings. The molecular weight excluding hydrogens is 406 g/mol. The second-order valence-corrected chi connectivity index (χ2v) is 7.97. The Morgan fingerprint density at radius 2 is 1.42 bits per heavy atom. The summed E-state index contributed by atoms with van der Waals surface area (Å²) in [5, 5.41) is 11.9. The molecule has 31 heavy (non-hydrogen) atoms. The Labute approximate surface area is 185 Å². The van der Waals surface area contributed by atoms with E-state index in [1.165, 1.54) is 5.39 Å². The fraction of sp³-hybridized carbons (Fsp3) is 0.115. The normalized spacial score (nSPS) is 11.3. The number of aromatic nitrogens is 2. The van der Waals surface area contributed by atoms with Crippen LogP contribution in [-0.4, -0.2) is 15.7 Å². The number of ether oxygens (including phenoxy) is 1. The topological polar surface area (TPSA) is 42.9 Å². The maximum atomic E-state index is 8.80. The Morgan fingerprint density at radius 3 is 2.19 bits per heavy atom. The van der Waals surface area contributed by atoms with Crippen LogP contribution in [-0.2, 0) is 13.1 Å². The van der Waals surface area contributed by atoms with Gasteiger partial charge in [0.05, 0.1) is 24.1 Å². The highest BCUT2D eigenvalue weighted by molar-refractivity contribution is 6.30. The smallest absolute Gasteiger partial charge is 0.203 e. The van der Waals surface area contributed by atoms with E-state index in [1.807, 2.05) is 63.7 Å². The Balaban J connectivity index is 1.39. The van der Waals surface area contributed by atoms with Gasteiger partial charge in [0.25, 0.3) is 0 Å². The summed E-state index contributed by atoms with van der Waals surface area (Å²) in [4.78, 5) is 0. The molecule has 0 unspecified atom stereocenters. The fourth-order valence-corrected chi connectivity index (χ4v) is 4.09. The third-order valence-corrected chi connectivity index (χ3v) is 5.79. The molecule has 0 saturated carbocycles. The average molecular weight is 428 g/mol. The van der Waals surface area contributed by atoms with Gasteiger partial charge < -0.3 is 13.9 Å². The lowest BCUT2D eigenvalue weighted by Gasteiger charge is -2.09. The molecule has 0 saturated heterocycles. The zero-order chi connectivity index (χ0) is 21.2. The number of halogens is 1. The SMILES string of the molecule is N=c1n(CCOc2ccc3ccccc3c2)c2ccccc2n1Cc1ccc(Cl)cc1. The molecule has 1 aromatic heterocycles. The number of imidazole rings is 1.